The Kier molecular flexibility index (Phi) is 4.73. The van der Waals surface area contributed by atoms with Crippen LogP contribution in [-0.2, 0) is 0 Å². The van der Waals surface area contributed by atoms with Crippen LogP contribution in [0.5, 0.6) is 5.75 Å². The van der Waals surface area contributed by atoms with Crippen molar-refractivity contribution in [3.63, 3.8) is 0 Å². The molecular formula is C18H22N2O. The van der Waals surface area contributed by atoms with Crippen LogP contribution < -0.4 is 4.74 Å². The fraction of sp³-hybridized carbons (Fsp3) is 0.333. The van der Waals surface area contributed by atoms with E-state index in [4.69, 9.17) is 4.74 Å². The highest BCUT2D eigenvalue weighted by Gasteiger charge is 2.04. The summed E-state index contributed by atoms with van der Waals surface area (Å²) in [5.74, 6) is 1.32. The lowest BCUT2D eigenvalue weighted by Crippen LogP contribution is -1.90. The van der Waals surface area contributed by atoms with Crippen molar-refractivity contribution in [3.05, 3.63) is 53.1 Å². The van der Waals surface area contributed by atoms with Crippen LogP contribution >= 0.6 is 0 Å². The number of rotatable bonds is 4. The summed E-state index contributed by atoms with van der Waals surface area (Å²) in [5, 5.41) is 8.64. The molecule has 0 spiro atoms. The summed E-state index contributed by atoms with van der Waals surface area (Å²) in [6.07, 6.45) is 0. The van der Waals surface area contributed by atoms with E-state index in [1.165, 1.54) is 11.1 Å². The van der Waals surface area contributed by atoms with E-state index in [9.17, 15) is 0 Å². The van der Waals surface area contributed by atoms with Gasteiger partial charge in [-0.3, -0.25) is 0 Å². The van der Waals surface area contributed by atoms with Crippen LogP contribution in [0.15, 0.2) is 46.6 Å². The lowest BCUT2D eigenvalue weighted by Gasteiger charge is -2.09. The summed E-state index contributed by atoms with van der Waals surface area (Å²) < 4.78 is 5.30. The fourth-order valence-corrected chi connectivity index (χ4v) is 2.30. The molecule has 0 N–H and O–H groups in total. The third-order valence-electron chi connectivity index (χ3n) is 3.56. The number of hydrogen-bond acceptors (Lipinski definition) is 3. The molecule has 0 aliphatic carbocycles. The lowest BCUT2D eigenvalue weighted by atomic mass is 9.98. The first kappa shape index (κ1) is 15.2. The van der Waals surface area contributed by atoms with Crippen LogP contribution in [0, 0.1) is 13.8 Å². The Labute approximate surface area is 126 Å². The maximum absolute atomic E-state index is 5.30. The Morgan fingerprint density at radius 3 is 2.00 bits per heavy atom. The number of benzene rings is 2. The molecule has 2 aromatic carbocycles. The van der Waals surface area contributed by atoms with Gasteiger partial charge in [0.25, 0.3) is 0 Å². The number of aryl methyl sites for hydroxylation is 2. The molecule has 110 valence electrons. The van der Waals surface area contributed by atoms with E-state index in [1.54, 1.807) is 7.11 Å². The quantitative estimate of drug-likeness (QED) is 0.647. The second kappa shape index (κ2) is 6.53. The van der Waals surface area contributed by atoms with Gasteiger partial charge in [-0.15, -0.1) is 0 Å². The molecule has 3 heteroatoms. The van der Waals surface area contributed by atoms with Crippen molar-refractivity contribution >= 4 is 11.4 Å². The average molecular weight is 282 g/mol. The molecule has 0 radical (unpaired) electrons. The second-order valence-electron chi connectivity index (χ2n) is 5.55. The van der Waals surface area contributed by atoms with Gasteiger partial charge in [0.05, 0.1) is 18.5 Å². The molecule has 0 saturated heterocycles. The predicted molar refractivity (Wildman–Crippen MR) is 87.2 cm³/mol. The van der Waals surface area contributed by atoms with Gasteiger partial charge >= 0.3 is 0 Å². The summed E-state index contributed by atoms with van der Waals surface area (Å²) in [6.45, 7) is 8.51. The van der Waals surface area contributed by atoms with Crippen LogP contribution in [0.1, 0.15) is 36.5 Å². The van der Waals surface area contributed by atoms with Crippen LogP contribution in [0.4, 0.5) is 11.4 Å². The first-order valence-electron chi connectivity index (χ1n) is 7.18. The van der Waals surface area contributed by atoms with E-state index in [1.807, 2.05) is 31.2 Å². The van der Waals surface area contributed by atoms with E-state index in [-0.39, 0.29) is 0 Å². The van der Waals surface area contributed by atoms with Crippen molar-refractivity contribution < 1.29 is 4.74 Å². The topological polar surface area (TPSA) is 34.0 Å². The minimum atomic E-state index is 0.486. The van der Waals surface area contributed by atoms with Gasteiger partial charge in [0.1, 0.15) is 5.75 Å². The van der Waals surface area contributed by atoms with Gasteiger partial charge in [0.2, 0.25) is 0 Å². The molecule has 0 atom stereocenters. The van der Waals surface area contributed by atoms with Crippen molar-refractivity contribution in [2.75, 3.05) is 7.11 Å². The van der Waals surface area contributed by atoms with Crippen molar-refractivity contribution in [2.45, 2.75) is 33.6 Å². The van der Waals surface area contributed by atoms with E-state index < -0.39 is 0 Å². The highest BCUT2D eigenvalue weighted by Crippen LogP contribution is 2.28. The molecule has 2 rings (SSSR count). The van der Waals surface area contributed by atoms with Crippen molar-refractivity contribution in [3.8, 4) is 5.75 Å². The fourth-order valence-electron chi connectivity index (χ4n) is 2.30. The number of methoxy groups -OCH3 is 1. The van der Waals surface area contributed by atoms with Gasteiger partial charge in [-0.05, 0) is 54.7 Å². The molecule has 0 aliphatic rings. The molecule has 0 aromatic heterocycles. The molecule has 0 fully saturated rings. The normalized spacial score (nSPS) is 11.3. The SMILES string of the molecule is COc1cc(N=Nc2ccc(C)c(C(C)C)c2)ccc1C. The van der Waals surface area contributed by atoms with Gasteiger partial charge in [-0.1, -0.05) is 26.0 Å². The minimum absolute atomic E-state index is 0.486. The van der Waals surface area contributed by atoms with Gasteiger partial charge in [-0.2, -0.15) is 10.2 Å². The number of ether oxygens (including phenoxy) is 1. The van der Waals surface area contributed by atoms with E-state index in [2.05, 4.69) is 43.1 Å². The first-order valence-corrected chi connectivity index (χ1v) is 7.18. The second-order valence-corrected chi connectivity index (χ2v) is 5.55. The highest BCUT2D eigenvalue weighted by molar-refractivity contribution is 5.49. The molecule has 0 amide bonds. The summed E-state index contributed by atoms with van der Waals surface area (Å²) in [7, 11) is 1.66. The van der Waals surface area contributed by atoms with Gasteiger partial charge in [0.15, 0.2) is 0 Å². The molecule has 0 heterocycles. The van der Waals surface area contributed by atoms with Crippen LogP contribution in [0.25, 0.3) is 0 Å². The van der Waals surface area contributed by atoms with E-state index in [0.29, 0.717) is 5.92 Å². The van der Waals surface area contributed by atoms with Gasteiger partial charge in [0, 0.05) is 6.07 Å². The van der Waals surface area contributed by atoms with Crippen molar-refractivity contribution in [2.24, 2.45) is 10.2 Å². The smallest absolute Gasteiger partial charge is 0.123 e. The van der Waals surface area contributed by atoms with Crippen molar-refractivity contribution in [1.82, 2.24) is 0 Å². The lowest BCUT2D eigenvalue weighted by molar-refractivity contribution is 0.412. The maximum atomic E-state index is 5.30. The van der Waals surface area contributed by atoms with Crippen LogP contribution in [-0.4, -0.2) is 7.11 Å². The summed E-state index contributed by atoms with van der Waals surface area (Å²) in [5.41, 5.74) is 5.37. The van der Waals surface area contributed by atoms with Gasteiger partial charge in [-0.25, -0.2) is 0 Å². The molecule has 3 nitrogen and oxygen atoms in total. The monoisotopic (exact) mass is 282 g/mol. The summed E-state index contributed by atoms with van der Waals surface area (Å²) >= 11 is 0. The molecular weight excluding hydrogens is 260 g/mol. The number of nitrogens with zero attached hydrogens (tertiary/aromatic N) is 2. The third kappa shape index (κ3) is 3.69. The molecule has 0 saturated carbocycles. The Bertz CT molecular complexity index is 660. The average Bonchev–Trinajstić information content (AvgIpc) is 2.47. The Morgan fingerprint density at radius 1 is 0.857 bits per heavy atom. The van der Waals surface area contributed by atoms with Crippen LogP contribution in [0.3, 0.4) is 0 Å². The minimum Gasteiger partial charge on any atom is -0.496 e. The maximum Gasteiger partial charge on any atom is 0.123 e. The molecule has 2 aromatic rings. The van der Waals surface area contributed by atoms with Crippen molar-refractivity contribution in [1.29, 1.82) is 0 Å². The van der Waals surface area contributed by atoms with Crippen LogP contribution in [0.2, 0.25) is 0 Å². The first-order chi connectivity index (χ1) is 10.0. The summed E-state index contributed by atoms with van der Waals surface area (Å²) in [6, 6.07) is 12.0. The molecule has 0 bridgehead atoms. The number of hydrogen-bond donors (Lipinski definition) is 0. The highest BCUT2D eigenvalue weighted by atomic mass is 16.5. The Morgan fingerprint density at radius 2 is 1.43 bits per heavy atom. The van der Waals surface area contributed by atoms with E-state index >= 15 is 0 Å². The van der Waals surface area contributed by atoms with E-state index in [0.717, 1.165) is 22.7 Å². The molecule has 21 heavy (non-hydrogen) atoms. The predicted octanol–water partition coefficient (Wildman–Crippen LogP) is 5.85. The Hall–Kier alpha value is -2.16. The third-order valence-corrected chi connectivity index (χ3v) is 3.56. The molecule has 0 aliphatic heterocycles. The standard InChI is InChI=1S/C18H22N2O/c1-12(2)17-10-15(8-6-13(17)3)19-20-16-9-7-14(4)18(11-16)21-5/h6-12H,1-5H3. The molecule has 0 unspecified atom stereocenters. The zero-order chi connectivity index (χ0) is 15.4. The zero-order valence-corrected chi connectivity index (χ0v) is 13.3. The Balaban J connectivity index is 2.27. The zero-order valence-electron chi connectivity index (χ0n) is 13.3. The van der Waals surface area contributed by atoms with Gasteiger partial charge < -0.3 is 4.74 Å². The summed E-state index contributed by atoms with van der Waals surface area (Å²) in [4.78, 5) is 0. The number of azo groups is 1. The largest absolute Gasteiger partial charge is 0.496 e.